The molecule has 0 aliphatic heterocycles. The maximum absolute atomic E-state index is 11.7. The van der Waals surface area contributed by atoms with Crippen molar-refractivity contribution in [3.05, 3.63) is 59.7 Å². The molecule has 0 atom stereocenters. The molecule has 6 N–H and O–H groups in total. The van der Waals surface area contributed by atoms with Crippen LogP contribution in [-0.4, -0.2) is 32.2 Å². The maximum Gasteiger partial charge on any atom is 0.244 e. The van der Waals surface area contributed by atoms with Crippen molar-refractivity contribution in [2.45, 2.75) is 13.1 Å². The minimum atomic E-state index is -0.505. The number of phenolic OH excluding ortho intramolecular Hbond substituents is 4. The quantitative estimate of drug-likeness (QED) is 0.336. The van der Waals surface area contributed by atoms with Crippen molar-refractivity contribution in [3.63, 3.8) is 0 Å². The minimum Gasteiger partial charge on any atom is -0.504 e. The fraction of sp³-hybridized carbons (Fsp3) is 0.111. The van der Waals surface area contributed by atoms with E-state index in [1.54, 1.807) is 12.1 Å². The van der Waals surface area contributed by atoms with Crippen LogP contribution in [0.4, 0.5) is 0 Å². The van der Waals surface area contributed by atoms with Crippen LogP contribution in [0.3, 0.4) is 0 Å². The number of aromatic hydroxyl groups is 4. The number of benzene rings is 2. The third-order valence-electron chi connectivity index (χ3n) is 3.40. The van der Waals surface area contributed by atoms with Gasteiger partial charge in [-0.2, -0.15) is 0 Å². The van der Waals surface area contributed by atoms with Gasteiger partial charge in [-0.3, -0.25) is 9.59 Å². The van der Waals surface area contributed by atoms with E-state index in [0.717, 1.165) is 12.2 Å². The van der Waals surface area contributed by atoms with Gasteiger partial charge in [0.05, 0.1) is 0 Å². The van der Waals surface area contributed by atoms with Gasteiger partial charge in [0.15, 0.2) is 23.0 Å². The molecule has 0 bridgehead atoms. The lowest BCUT2D eigenvalue weighted by atomic mass is 10.2. The molecule has 0 heterocycles. The summed E-state index contributed by atoms with van der Waals surface area (Å²) in [6.45, 7) is 0.233. The molecule has 2 aromatic carbocycles. The standard InChI is InChI=1S/C18H18N2O6/c21-13-3-1-11(7-15(13)23)9-19-17(25)5-6-18(26)20-10-12-2-4-14(22)16(24)8-12/h1-8,21-24H,9-10H2,(H,19,25)(H,20,26)/b6-5+. The van der Waals surface area contributed by atoms with Crippen molar-refractivity contribution in [2.75, 3.05) is 0 Å². The van der Waals surface area contributed by atoms with Crippen molar-refractivity contribution in [1.29, 1.82) is 0 Å². The molecule has 0 unspecified atom stereocenters. The molecule has 0 saturated carbocycles. The van der Waals surface area contributed by atoms with Crippen LogP contribution in [0.1, 0.15) is 11.1 Å². The molecular formula is C18H18N2O6. The van der Waals surface area contributed by atoms with E-state index in [-0.39, 0.29) is 36.1 Å². The number of nitrogens with one attached hydrogen (secondary N) is 2. The van der Waals surface area contributed by atoms with Gasteiger partial charge in [0.2, 0.25) is 11.8 Å². The molecule has 8 nitrogen and oxygen atoms in total. The molecule has 2 amide bonds. The summed E-state index contributed by atoms with van der Waals surface area (Å²) in [4.78, 5) is 23.4. The van der Waals surface area contributed by atoms with Gasteiger partial charge in [0.1, 0.15) is 0 Å². The average Bonchev–Trinajstić information content (AvgIpc) is 2.62. The topological polar surface area (TPSA) is 139 Å². The lowest BCUT2D eigenvalue weighted by Crippen LogP contribution is -2.23. The molecule has 0 aromatic heterocycles. The zero-order valence-corrected chi connectivity index (χ0v) is 13.6. The Morgan fingerprint density at radius 3 is 1.42 bits per heavy atom. The zero-order valence-electron chi connectivity index (χ0n) is 13.6. The van der Waals surface area contributed by atoms with Gasteiger partial charge in [0.25, 0.3) is 0 Å². The number of phenols is 4. The first kappa shape index (κ1) is 18.7. The summed E-state index contributed by atoms with van der Waals surface area (Å²) in [7, 11) is 0. The minimum absolute atomic E-state index is 0.116. The Kier molecular flexibility index (Phi) is 6.05. The summed E-state index contributed by atoms with van der Waals surface area (Å²) in [6, 6.07) is 8.33. The van der Waals surface area contributed by atoms with E-state index in [9.17, 15) is 30.0 Å². The Bertz CT molecular complexity index is 778. The van der Waals surface area contributed by atoms with Crippen LogP contribution in [-0.2, 0) is 22.7 Å². The van der Waals surface area contributed by atoms with Crippen molar-refractivity contribution >= 4 is 11.8 Å². The Labute approximate surface area is 149 Å². The summed E-state index contributed by atoms with van der Waals surface area (Å²) in [5.74, 6) is -2.08. The van der Waals surface area contributed by atoms with Crippen LogP contribution in [0.15, 0.2) is 48.6 Å². The SMILES string of the molecule is O=C(/C=C/C(=O)NCc1ccc(O)c(O)c1)NCc1ccc(O)c(O)c1. The van der Waals surface area contributed by atoms with Gasteiger partial charge >= 0.3 is 0 Å². The monoisotopic (exact) mass is 358 g/mol. The number of hydrogen-bond acceptors (Lipinski definition) is 6. The average molecular weight is 358 g/mol. The number of amides is 2. The van der Waals surface area contributed by atoms with Gasteiger partial charge in [-0.05, 0) is 35.4 Å². The molecule has 136 valence electrons. The normalized spacial score (nSPS) is 10.6. The first-order valence-electron chi connectivity index (χ1n) is 7.60. The molecule has 0 aliphatic rings. The van der Waals surface area contributed by atoms with Crippen LogP contribution in [0.25, 0.3) is 0 Å². The second-order valence-corrected chi connectivity index (χ2v) is 5.42. The van der Waals surface area contributed by atoms with Crippen LogP contribution < -0.4 is 10.6 Å². The Morgan fingerprint density at radius 1 is 0.692 bits per heavy atom. The number of carbonyl (C=O) groups excluding carboxylic acids is 2. The second kappa shape index (κ2) is 8.43. The third-order valence-corrected chi connectivity index (χ3v) is 3.40. The van der Waals surface area contributed by atoms with Crippen molar-refractivity contribution in [1.82, 2.24) is 10.6 Å². The zero-order chi connectivity index (χ0) is 19.1. The summed E-state index contributed by atoms with van der Waals surface area (Å²) in [5, 5.41) is 42.2. The maximum atomic E-state index is 11.7. The van der Waals surface area contributed by atoms with E-state index in [0.29, 0.717) is 11.1 Å². The highest BCUT2D eigenvalue weighted by molar-refractivity contribution is 5.96. The molecule has 0 aliphatic carbocycles. The summed E-state index contributed by atoms with van der Waals surface area (Å²) < 4.78 is 0. The molecule has 8 heteroatoms. The molecule has 26 heavy (non-hydrogen) atoms. The molecule has 0 saturated heterocycles. The van der Waals surface area contributed by atoms with Gasteiger partial charge in [-0.1, -0.05) is 12.1 Å². The van der Waals surface area contributed by atoms with E-state index >= 15 is 0 Å². The molecule has 0 radical (unpaired) electrons. The second-order valence-electron chi connectivity index (χ2n) is 5.42. The predicted octanol–water partition coefficient (Wildman–Crippen LogP) is 0.998. The highest BCUT2D eigenvalue weighted by Gasteiger charge is 2.04. The highest BCUT2D eigenvalue weighted by atomic mass is 16.3. The molecule has 0 fully saturated rings. The Balaban J connectivity index is 1.78. The van der Waals surface area contributed by atoms with Gasteiger partial charge in [-0.25, -0.2) is 0 Å². The summed E-state index contributed by atoms with van der Waals surface area (Å²) >= 11 is 0. The first-order chi connectivity index (χ1) is 12.3. The number of carbonyl (C=O) groups is 2. The molecule has 2 rings (SSSR count). The molecular weight excluding hydrogens is 340 g/mol. The van der Waals surface area contributed by atoms with Gasteiger partial charge < -0.3 is 31.1 Å². The predicted molar refractivity (Wildman–Crippen MR) is 92.4 cm³/mol. The fourth-order valence-electron chi connectivity index (χ4n) is 2.01. The Hall–Kier alpha value is -3.68. The number of hydrogen-bond donors (Lipinski definition) is 6. The third kappa shape index (κ3) is 5.45. The molecule has 0 spiro atoms. The largest absolute Gasteiger partial charge is 0.504 e. The van der Waals surface area contributed by atoms with Gasteiger partial charge in [-0.15, -0.1) is 0 Å². The van der Waals surface area contributed by atoms with Crippen LogP contribution in [0.2, 0.25) is 0 Å². The Morgan fingerprint density at radius 2 is 1.08 bits per heavy atom. The summed E-state index contributed by atoms with van der Waals surface area (Å²) in [6.07, 6.45) is 2.12. The smallest absolute Gasteiger partial charge is 0.244 e. The van der Waals surface area contributed by atoms with E-state index in [1.807, 2.05) is 0 Å². The van der Waals surface area contributed by atoms with E-state index in [1.165, 1.54) is 24.3 Å². The van der Waals surface area contributed by atoms with Crippen LogP contribution in [0.5, 0.6) is 23.0 Å². The van der Waals surface area contributed by atoms with Crippen LogP contribution >= 0.6 is 0 Å². The fourth-order valence-corrected chi connectivity index (χ4v) is 2.01. The van der Waals surface area contributed by atoms with E-state index in [4.69, 9.17) is 0 Å². The van der Waals surface area contributed by atoms with Gasteiger partial charge in [0, 0.05) is 25.2 Å². The van der Waals surface area contributed by atoms with E-state index < -0.39 is 11.8 Å². The lowest BCUT2D eigenvalue weighted by Gasteiger charge is -2.05. The van der Waals surface area contributed by atoms with Crippen molar-refractivity contribution in [2.24, 2.45) is 0 Å². The van der Waals surface area contributed by atoms with E-state index in [2.05, 4.69) is 10.6 Å². The number of rotatable bonds is 6. The van der Waals surface area contributed by atoms with Crippen molar-refractivity contribution in [3.8, 4) is 23.0 Å². The van der Waals surface area contributed by atoms with Crippen LogP contribution in [0, 0.1) is 0 Å². The van der Waals surface area contributed by atoms with Crippen molar-refractivity contribution < 1.29 is 30.0 Å². The molecule has 2 aromatic rings. The first-order valence-corrected chi connectivity index (χ1v) is 7.60. The highest BCUT2D eigenvalue weighted by Crippen LogP contribution is 2.25. The summed E-state index contributed by atoms with van der Waals surface area (Å²) in [5.41, 5.74) is 1.16. The lowest BCUT2D eigenvalue weighted by molar-refractivity contribution is -0.118.